The average molecular weight is 303 g/mol. The molecule has 0 bridgehead atoms. The normalized spacial score (nSPS) is 10.8. The molecule has 0 radical (unpaired) electrons. The number of rotatable bonds is 4. The Bertz CT molecular complexity index is 747. The molecular weight excluding hydrogens is 288 g/mol. The van der Waals surface area contributed by atoms with Crippen LogP contribution in [0.1, 0.15) is 11.3 Å². The molecule has 0 aliphatic rings. The van der Waals surface area contributed by atoms with E-state index in [2.05, 4.69) is 20.5 Å². The first-order valence-corrected chi connectivity index (χ1v) is 6.89. The maximum Gasteiger partial charge on any atom is 0.138 e. The molecule has 3 aromatic rings. The van der Waals surface area contributed by atoms with E-state index in [-0.39, 0.29) is 0 Å². The number of para-hydroxylation sites is 1. The molecule has 3 rings (SSSR count). The smallest absolute Gasteiger partial charge is 0.138 e. The van der Waals surface area contributed by atoms with Crippen molar-refractivity contribution in [3.8, 4) is 5.69 Å². The molecule has 1 N–H and O–H groups in total. The van der Waals surface area contributed by atoms with E-state index in [0.29, 0.717) is 11.6 Å². The number of nitrogens with zero attached hydrogens (tertiary/aromatic N) is 5. The molecule has 0 atom stereocenters. The van der Waals surface area contributed by atoms with E-state index in [4.69, 9.17) is 11.6 Å². The summed E-state index contributed by atoms with van der Waals surface area (Å²) < 4.78 is 3.51. The van der Waals surface area contributed by atoms with Crippen LogP contribution in [0, 0.1) is 6.92 Å². The minimum Gasteiger partial charge on any atom is -0.379 e. The molecule has 0 aliphatic heterocycles. The Labute approximate surface area is 127 Å². The minimum absolute atomic E-state index is 0.619. The fourth-order valence-electron chi connectivity index (χ4n) is 2.12. The topological polar surface area (TPSA) is 60.6 Å². The van der Waals surface area contributed by atoms with Crippen LogP contribution in [0.3, 0.4) is 0 Å². The molecule has 0 fully saturated rings. The second-order valence-electron chi connectivity index (χ2n) is 4.71. The Balaban J connectivity index is 1.89. The molecule has 2 heterocycles. The number of hydrogen-bond donors (Lipinski definition) is 1. The van der Waals surface area contributed by atoms with Gasteiger partial charge in [0.15, 0.2) is 0 Å². The van der Waals surface area contributed by atoms with Crippen LogP contribution in [0.15, 0.2) is 37.1 Å². The van der Waals surface area contributed by atoms with Gasteiger partial charge >= 0.3 is 0 Å². The molecule has 1 aromatic carbocycles. The van der Waals surface area contributed by atoms with Crippen molar-refractivity contribution in [2.45, 2.75) is 13.5 Å². The van der Waals surface area contributed by atoms with Crippen LogP contribution in [0.2, 0.25) is 5.02 Å². The lowest BCUT2D eigenvalue weighted by atomic mass is 10.2. The lowest BCUT2D eigenvalue weighted by Gasteiger charge is -2.13. The van der Waals surface area contributed by atoms with Crippen LogP contribution in [-0.4, -0.2) is 24.5 Å². The van der Waals surface area contributed by atoms with Crippen molar-refractivity contribution in [2.75, 3.05) is 5.32 Å². The van der Waals surface area contributed by atoms with Crippen molar-refractivity contribution in [2.24, 2.45) is 7.05 Å². The summed E-state index contributed by atoms with van der Waals surface area (Å²) in [6, 6.07) is 5.70. The van der Waals surface area contributed by atoms with Crippen molar-refractivity contribution in [1.29, 1.82) is 0 Å². The second-order valence-corrected chi connectivity index (χ2v) is 5.12. The maximum absolute atomic E-state index is 6.29. The van der Waals surface area contributed by atoms with Crippen molar-refractivity contribution in [1.82, 2.24) is 24.5 Å². The second kappa shape index (κ2) is 5.57. The Morgan fingerprint density at radius 1 is 1.29 bits per heavy atom. The quantitative estimate of drug-likeness (QED) is 0.804. The van der Waals surface area contributed by atoms with Crippen LogP contribution in [0.5, 0.6) is 0 Å². The highest BCUT2D eigenvalue weighted by Gasteiger charge is 2.11. The third kappa shape index (κ3) is 2.62. The Kier molecular flexibility index (Phi) is 3.62. The number of nitrogens with one attached hydrogen (secondary N) is 1. The maximum atomic E-state index is 6.29. The van der Waals surface area contributed by atoms with Gasteiger partial charge in [-0.15, -0.1) is 0 Å². The van der Waals surface area contributed by atoms with E-state index < -0.39 is 0 Å². The fraction of sp³-hybridized carbons (Fsp3) is 0.214. The highest BCUT2D eigenvalue weighted by Crippen LogP contribution is 2.28. The molecule has 0 spiro atoms. The molecule has 108 valence electrons. The highest BCUT2D eigenvalue weighted by atomic mass is 35.5. The van der Waals surface area contributed by atoms with Gasteiger partial charge in [-0.05, 0) is 19.1 Å². The standard InChI is InChI=1S/C14H15ClN6/c1-10-11(7-18-20(10)2)6-17-13-5-3-4-12(15)14(13)21-9-16-8-19-21/h3-5,7-9,17H,6H2,1-2H3. The molecule has 7 heteroatoms. The molecule has 0 aliphatic carbocycles. The SMILES string of the molecule is Cc1c(CNc2cccc(Cl)c2-n2cncn2)cnn1C. The summed E-state index contributed by atoms with van der Waals surface area (Å²) >= 11 is 6.29. The van der Waals surface area contributed by atoms with E-state index in [1.807, 2.05) is 43.0 Å². The van der Waals surface area contributed by atoms with Gasteiger partial charge < -0.3 is 5.32 Å². The van der Waals surface area contributed by atoms with E-state index >= 15 is 0 Å². The van der Waals surface area contributed by atoms with Gasteiger partial charge in [0.05, 0.1) is 16.9 Å². The molecule has 0 unspecified atom stereocenters. The predicted octanol–water partition coefficient (Wildman–Crippen LogP) is 2.57. The summed E-state index contributed by atoms with van der Waals surface area (Å²) in [5.41, 5.74) is 3.96. The van der Waals surface area contributed by atoms with Gasteiger partial charge in [-0.1, -0.05) is 17.7 Å². The summed E-state index contributed by atoms with van der Waals surface area (Å²) in [7, 11) is 1.93. The zero-order valence-electron chi connectivity index (χ0n) is 11.8. The van der Waals surface area contributed by atoms with Gasteiger partial charge in [-0.3, -0.25) is 4.68 Å². The molecule has 0 saturated carbocycles. The van der Waals surface area contributed by atoms with Gasteiger partial charge in [-0.2, -0.15) is 10.2 Å². The van der Waals surface area contributed by atoms with Gasteiger partial charge in [0.25, 0.3) is 0 Å². The summed E-state index contributed by atoms with van der Waals surface area (Å²) in [5.74, 6) is 0. The monoisotopic (exact) mass is 302 g/mol. The van der Waals surface area contributed by atoms with E-state index in [1.54, 1.807) is 11.0 Å². The van der Waals surface area contributed by atoms with Crippen LogP contribution < -0.4 is 5.32 Å². The Morgan fingerprint density at radius 2 is 2.14 bits per heavy atom. The molecule has 0 saturated heterocycles. The number of aromatic nitrogens is 5. The number of benzene rings is 1. The predicted molar refractivity (Wildman–Crippen MR) is 81.6 cm³/mol. The minimum atomic E-state index is 0.619. The van der Waals surface area contributed by atoms with Crippen molar-refractivity contribution in [3.63, 3.8) is 0 Å². The van der Waals surface area contributed by atoms with Crippen molar-refractivity contribution >= 4 is 17.3 Å². The first kappa shape index (κ1) is 13.6. The van der Waals surface area contributed by atoms with E-state index in [1.165, 1.54) is 6.33 Å². The summed E-state index contributed by atoms with van der Waals surface area (Å²) in [5, 5.41) is 12.4. The average Bonchev–Trinajstić information content (AvgIpc) is 3.09. The summed E-state index contributed by atoms with van der Waals surface area (Å²) in [6.07, 6.45) is 4.97. The Hall–Kier alpha value is -2.34. The number of anilines is 1. The van der Waals surface area contributed by atoms with Crippen LogP contribution in [0.25, 0.3) is 5.69 Å². The molecule has 6 nitrogen and oxygen atoms in total. The first-order valence-electron chi connectivity index (χ1n) is 6.51. The number of halogens is 1. The van der Waals surface area contributed by atoms with E-state index in [9.17, 15) is 0 Å². The van der Waals surface area contributed by atoms with Crippen LogP contribution >= 0.6 is 11.6 Å². The first-order chi connectivity index (χ1) is 10.2. The zero-order valence-corrected chi connectivity index (χ0v) is 12.5. The van der Waals surface area contributed by atoms with Gasteiger partial charge in [0.1, 0.15) is 18.3 Å². The third-order valence-electron chi connectivity index (χ3n) is 3.44. The van der Waals surface area contributed by atoms with Crippen molar-refractivity contribution in [3.05, 3.63) is 53.3 Å². The van der Waals surface area contributed by atoms with Gasteiger partial charge in [0, 0.05) is 24.8 Å². The van der Waals surface area contributed by atoms with Gasteiger partial charge in [-0.25, -0.2) is 9.67 Å². The zero-order chi connectivity index (χ0) is 14.8. The highest BCUT2D eigenvalue weighted by molar-refractivity contribution is 6.33. The number of hydrogen-bond acceptors (Lipinski definition) is 4. The molecule has 2 aromatic heterocycles. The summed E-state index contributed by atoms with van der Waals surface area (Å²) in [4.78, 5) is 3.97. The Morgan fingerprint density at radius 3 is 2.81 bits per heavy atom. The molecule has 21 heavy (non-hydrogen) atoms. The largest absolute Gasteiger partial charge is 0.379 e. The van der Waals surface area contributed by atoms with Gasteiger partial charge in [0.2, 0.25) is 0 Å². The lowest BCUT2D eigenvalue weighted by Crippen LogP contribution is -2.06. The lowest BCUT2D eigenvalue weighted by molar-refractivity contribution is 0.738. The summed E-state index contributed by atoms with van der Waals surface area (Å²) in [6.45, 7) is 2.71. The molecule has 0 amide bonds. The number of aryl methyl sites for hydroxylation is 1. The third-order valence-corrected chi connectivity index (χ3v) is 3.75. The van der Waals surface area contributed by atoms with Crippen molar-refractivity contribution < 1.29 is 0 Å². The fourth-order valence-corrected chi connectivity index (χ4v) is 2.38. The van der Waals surface area contributed by atoms with Crippen LogP contribution in [0.4, 0.5) is 5.69 Å². The van der Waals surface area contributed by atoms with Crippen LogP contribution in [-0.2, 0) is 13.6 Å². The van der Waals surface area contributed by atoms with E-state index in [0.717, 1.165) is 22.6 Å². The molecular formula is C14H15ClN6.